The van der Waals surface area contributed by atoms with E-state index in [-0.39, 0.29) is 0 Å². The number of aromatic nitrogens is 3. The standard InChI is InChI=1S/C14H19BrN4/c1-3-16-13(9-14-17-10-18-19(14)2)8-11-4-6-12(15)7-5-11/h4-7,10,13,16H,3,8-9H2,1-2H3. The van der Waals surface area contributed by atoms with E-state index in [9.17, 15) is 0 Å². The van der Waals surface area contributed by atoms with Gasteiger partial charge < -0.3 is 5.32 Å². The van der Waals surface area contributed by atoms with E-state index in [4.69, 9.17) is 0 Å². The zero-order valence-corrected chi connectivity index (χ0v) is 12.9. The molecular formula is C14H19BrN4. The molecule has 0 spiro atoms. The summed E-state index contributed by atoms with van der Waals surface area (Å²) in [5, 5.41) is 7.64. The highest BCUT2D eigenvalue weighted by Crippen LogP contribution is 2.13. The van der Waals surface area contributed by atoms with Crippen molar-refractivity contribution in [2.75, 3.05) is 6.54 Å². The third-order valence-corrected chi connectivity index (χ3v) is 3.65. The maximum absolute atomic E-state index is 4.30. The van der Waals surface area contributed by atoms with Crippen molar-refractivity contribution < 1.29 is 0 Å². The van der Waals surface area contributed by atoms with Crippen LogP contribution < -0.4 is 5.32 Å². The average molecular weight is 323 g/mol. The van der Waals surface area contributed by atoms with Crippen LogP contribution in [0.4, 0.5) is 0 Å². The molecule has 0 bridgehead atoms. The van der Waals surface area contributed by atoms with E-state index in [2.05, 4.69) is 62.5 Å². The molecule has 0 aliphatic heterocycles. The molecule has 1 aromatic carbocycles. The van der Waals surface area contributed by atoms with Gasteiger partial charge in [0.25, 0.3) is 0 Å². The van der Waals surface area contributed by atoms with Gasteiger partial charge in [-0.25, -0.2) is 4.98 Å². The fourth-order valence-corrected chi connectivity index (χ4v) is 2.40. The summed E-state index contributed by atoms with van der Waals surface area (Å²) in [6, 6.07) is 8.87. The summed E-state index contributed by atoms with van der Waals surface area (Å²) in [5.74, 6) is 1.02. The number of likely N-dealkylation sites (N-methyl/N-ethyl adjacent to an activating group) is 1. The molecule has 5 heteroatoms. The minimum Gasteiger partial charge on any atom is -0.313 e. The van der Waals surface area contributed by atoms with Crippen molar-refractivity contribution >= 4 is 15.9 Å². The lowest BCUT2D eigenvalue weighted by Crippen LogP contribution is -2.34. The van der Waals surface area contributed by atoms with E-state index in [0.29, 0.717) is 6.04 Å². The zero-order valence-electron chi connectivity index (χ0n) is 11.3. The first-order valence-corrected chi connectivity index (χ1v) is 7.29. The molecule has 0 aliphatic rings. The number of hydrogen-bond acceptors (Lipinski definition) is 3. The van der Waals surface area contributed by atoms with Gasteiger partial charge in [-0.05, 0) is 30.7 Å². The Morgan fingerprint density at radius 1 is 1.26 bits per heavy atom. The topological polar surface area (TPSA) is 42.7 Å². The highest BCUT2D eigenvalue weighted by molar-refractivity contribution is 9.10. The number of nitrogens with zero attached hydrogens (tertiary/aromatic N) is 3. The van der Waals surface area contributed by atoms with E-state index in [1.165, 1.54) is 5.56 Å². The van der Waals surface area contributed by atoms with Gasteiger partial charge in [0.15, 0.2) is 0 Å². The number of nitrogens with one attached hydrogen (secondary N) is 1. The van der Waals surface area contributed by atoms with Crippen LogP contribution >= 0.6 is 15.9 Å². The van der Waals surface area contributed by atoms with Crippen LogP contribution in [0.5, 0.6) is 0 Å². The summed E-state index contributed by atoms with van der Waals surface area (Å²) in [7, 11) is 1.94. The molecule has 0 saturated heterocycles. The zero-order chi connectivity index (χ0) is 13.7. The van der Waals surface area contributed by atoms with Crippen LogP contribution in [-0.2, 0) is 19.9 Å². The first kappa shape index (κ1) is 14.2. The van der Waals surface area contributed by atoms with Gasteiger partial charge in [-0.15, -0.1) is 0 Å². The van der Waals surface area contributed by atoms with Crippen LogP contribution in [0.15, 0.2) is 35.1 Å². The molecular weight excluding hydrogens is 304 g/mol. The Hall–Kier alpha value is -1.20. The van der Waals surface area contributed by atoms with Gasteiger partial charge in [0.2, 0.25) is 0 Å². The number of benzene rings is 1. The minimum absolute atomic E-state index is 0.383. The Kier molecular flexibility index (Phi) is 5.10. The second-order valence-electron chi connectivity index (χ2n) is 4.59. The van der Waals surface area contributed by atoms with E-state index in [0.717, 1.165) is 29.7 Å². The van der Waals surface area contributed by atoms with Crippen molar-refractivity contribution in [3.8, 4) is 0 Å². The van der Waals surface area contributed by atoms with Gasteiger partial charge in [0.1, 0.15) is 12.2 Å². The number of aryl methyl sites for hydroxylation is 1. The molecule has 2 aromatic rings. The highest BCUT2D eigenvalue weighted by atomic mass is 79.9. The van der Waals surface area contributed by atoms with Crippen LogP contribution in [0.1, 0.15) is 18.3 Å². The molecule has 0 radical (unpaired) electrons. The second-order valence-corrected chi connectivity index (χ2v) is 5.50. The van der Waals surface area contributed by atoms with Crippen molar-refractivity contribution in [2.45, 2.75) is 25.8 Å². The fourth-order valence-electron chi connectivity index (χ4n) is 2.14. The average Bonchev–Trinajstić information content (AvgIpc) is 2.78. The third-order valence-electron chi connectivity index (χ3n) is 3.12. The maximum atomic E-state index is 4.30. The van der Waals surface area contributed by atoms with Gasteiger partial charge in [-0.3, -0.25) is 4.68 Å². The molecule has 2 rings (SSSR count). The van der Waals surface area contributed by atoms with Gasteiger partial charge in [-0.2, -0.15) is 5.10 Å². The molecule has 1 heterocycles. The van der Waals surface area contributed by atoms with E-state index < -0.39 is 0 Å². The Morgan fingerprint density at radius 3 is 2.58 bits per heavy atom. The van der Waals surface area contributed by atoms with Crippen LogP contribution in [0.3, 0.4) is 0 Å². The van der Waals surface area contributed by atoms with Crippen LogP contribution in [-0.4, -0.2) is 27.4 Å². The molecule has 0 amide bonds. The molecule has 0 aliphatic carbocycles. The monoisotopic (exact) mass is 322 g/mol. The van der Waals surface area contributed by atoms with Gasteiger partial charge in [0.05, 0.1) is 0 Å². The summed E-state index contributed by atoms with van der Waals surface area (Å²) < 4.78 is 2.95. The van der Waals surface area contributed by atoms with Crippen molar-refractivity contribution in [1.82, 2.24) is 20.1 Å². The van der Waals surface area contributed by atoms with Gasteiger partial charge >= 0.3 is 0 Å². The molecule has 0 fully saturated rings. The highest BCUT2D eigenvalue weighted by Gasteiger charge is 2.12. The van der Waals surface area contributed by atoms with Crippen molar-refractivity contribution in [3.63, 3.8) is 0 Å². The lowest BCUT2D eigenvalue weighted by Gasteiger charge is -2.17. The molecule has 1 unspecified atom stereocenters. The summed E-state index contributed by atoms with van der Waals surface area (Å²) in [4.78, 5) is 4.30. The van der Waals surface area contributed by atoms with Crippen molar-refractivity contribution in [1.29, 1.82) is 0 Å². The first-order valence-electron chi connectivity index (χ1n) is 6.49. The van der Waals surface area contributed by atoms with Crippen LogP contribution in [0, 0.1) is 0 Å². The molecule has 0 saturated carbocycles. The Bertz CT molecular complexity index is 506. The van der Waals surface area contributed by atoms with Gasteiger partial charge in [-0.1, -0.05) is 35.0 Å². The maximum Gasteiger partial charge on any atom is 0.138 e. The Balaban J connectivity index is 2.03. The van der Waals surface area contributed by atoms with E-state index in [1.807, 2.05) is 11.7 Å². The third kappa shape index (κ3) is 4.14. The summed E-state index contributed by atoms with van der Waals surface area (Å²) in [5.41, 5.74) is 1.33. The Labute approximate surface area is 122 Å². The van der Waals surface area contributed by atoms with E-state index >= 15 is 0 Å². The van der Waals surface area contributed by atoms with Crippen LogP contribution in [0.2, 0.25) is 0 Å². The van der Waals surface area contributed by atoms with E-state index in [1.54, 1.807) is 6.33 Å². The molecule has 4 nitrogen and oxygen atoms in total. The number of halogens is 1. The summed E-state index contributed by atoms with van der Waals surface area (Å²) >= 11 is 3.46. The lowest BCUT2D eigenvalue weighted by molar-refractivity contribution is 0.499. The Morgan fingerprint density at radius 2 is 2.00 bits per heavy atom. The second kappa shape index (κ2) is 6.82. The largest absolute Gasteiger partial charge is 0.313 e. The van der Waals surface area contributed by atoms with Crippen LogP contribution in [0.25, 0.3) is 0 Å². The predicted octanol–water partition coefficient (Wildman–Crippen LogP) is 2.34. The molecule has 1 atom stereocenters. The van der Waals surface area contributed by atoms with Crippen molar-refractivity contribution in [2.24, 2.45) is 7.05 Å². The summed E-state index contributed by atoms with van der Waals surface area (Å²) in [6.45, 7) is 3.09. The van der Waals surface area contributed by atoms with Gasteiger partial charge in [0, 0.05) is 24.0 Å². The first-order chi connectivity index (χ1) is 9.19. The SMILES string of the molecule is CCNC(Cc1ccc(Br)cc1)Cc1ncnn1C. The quantitative estimate of drug-likeness (QED) is 0.887. The smallest absolute Gasteiger partial charge is 0.138 e. The lowest BCUT2D eigenvalue weighted by atomic mass is 10.0. The minimum atomic E-state index is 0.383. The number of hydrogen-bond donors (Lipinski definition) is 1. The molecule has 19 heavy (non-hydrogen) atoms. The number of rotatable bonds is 6. The van der Waals surface area contributed by atoms with Crippen molar-refractivity contribution in [3.05, 3.63) is 46.5 Å². The predicted molar refractivity (Wildman–Crippen MR) is 80.0 cm³/mol. The fraction of sp³-hybridized carbons (Fsp3) is 0.429. The molecule has 1 aromatic heterocycles. The molecule has 1 N–H and O–H groups in total. The normalized spacial score (nSPS) is 12.6. The summed E-state index contributed by atoms with van der Waals surface area (Å²) in [6.07, 6.45) is 3.49. The molecule has 102 valence electrons.